The van der Waals surface area contributed by atoms with Gasteiger partial charge < -0.3 is 10.4 Å². The summed E-state index contributed by atoms with van der Waals surface area (Å²) in [6.07, 6.45) is 5.60. The first kappa shape index (κ1) is 15.8. The quantitative estimate of drug-likeness (QED) is 0.670. The third-order valence-corrected chi connectivity index (χ3v) is 3.95. The molecule has 1 saturated carbocycles. The molecule has 118 valence electrons. The molecular formula is C14H23N3O4. The van der Waals surface area contributed by atoms with E-state index in [4.69, 9.17) is 5.11 Å². The zero-order valence-corrected chi connectivity index (χ0v) is 12.1. The van der Waals surface area contributed by atoms with Gasteiger partial charge in [-0.25, -0.2) is 4.79 Å². The van der Waals surface area contributed by atoms with E-state index in [1.165, 1.54) is 0 Å². The highest BCUT2D eigenvalue weighted by Gasteiger charge is 2.27. The Morgan fingerprint density at radius 3 is 2.57 bits per heavy atom. The van der Waals surface area contributed by atoms with Crippen molar-refractivity contribution in [2.75, 3.05) is 13.1 Å². The molecule has 1 saturated heterocycles. The summed E-state index contributed by atoms with van der Waals surface area (Å²) in [6.45, 7) is 0.935. The van der Waals surface area contributed by atoms with E-state index >= 15 is 0 Å². The summed E-state index contributed by atoms with van der Waals surface area (Å²) in [5.41, 5.74) is 0. The van der Waals surface area contributed by atoms with Crippen LogP contribution in [0.15, 0.2) is 0 Å². The second kappa shape index (κ2) is 7.40. The fraction of sp³-hybridized carbons (Fsp3) is 0.786. The lowest BCUT2D eigenvalue weighted by molar-refractivity contribution is -0.137. The van der Waals surface area contributed by atoms with Gasteiger partial charge in [-0.3, -0.25) is 19.8 Å². The van der Waals surface area contributed by atoms with Gasteiger partial charge in [0.15, 0.2) is 0 Å². The Labute approximate surface area is 124 Å². The smallest absolute Gasteiger partial charge is 0.321 e. The van der Waals surface area contributed by atoms with Crippen molar-refractivity contribution in [2.24, 2.45) is 0 Å². The summed E-state index contributed by atoms with van der Waals surface area (Å²) in [5.74, 6) is -1.14. The molecule has 1 atom stereocenters. The zero-order chi connectivity index (χ0) is 15.2. The number of urea groups is 1. The zero-order valence-electron chi connectivity index (χ0n) is 12.1. The third-order valence-electron chi connectivity index (χ3n) is 3.95. The van der Waals surface area contributed by atoms with E-state index in [2.05, 4.69) is 10.6 Å². The molecule has 1 aliphatic carbocycles. The van der Waals surface area contributed by atoms with Crippen LogP contribution >= 0.6 is 0 Å². The molecule has 0 bridgehead atoms. The fourth-order valence-corrected chi connectivity index (χ4v) is 2.68. The monoisotopic (exact) mass is 297 g/mol. The van der Waals surface area contributed by atoms with Crippen molar-refractivity contribution in [3.05, 3.63) is 0 Å². The van der Waals surface area contributed by atoms with E-state index in [1.54, 1.807) is 0 Å². The minimum atomic E-state index is -0.811. The van der Waals surface area contributed by atoms with Crippen LogP contribution in [0.5, 0.6) is 0 Å². The van der Waals surface area contributed by atoms with Gasteiger partial charge in [0.05, 0.1) is 6.54 Å². The minimum Gasteiger partial charge on any atom is -0.481 e. The Kier molecular flexibility index (Phi) is 5.55. The maximum absolute atomic E-state index is 11.9. The second-order valence-electron chi connectivity index (χ2n) is 5.85. The van der Waals surface area contributed by atoms with E-state index in [0.717, 1.165) is 38.6 Å². The summed E-state index contributed by atoms with van der Waals surface area (Å²) >= 11 is 0. The highest BCUT2D eigenvalue weighted by Crippen LogP contribution is 2.20. The number of rotatable bonds is 6. The molecule has 1 unspecified atom stereocenters. The average Bonchev–Trinajstić information content (AvgIpc) is 3.21. The average molecular weight is 297 g/mol. The van der Waals surface area contributed by atoms with Gasteiger partial charge in [0.1, 0.15) is 0 Å². The minimum absolute atomic E-state index is 0.116. The van der Waals surface area contributed by atoms with Crippen LogP contribution in [0.1, 0.15) is 44.9 Å². The van der Waals surface area contributed by atoms with Gasteiger partial charge in [0.25, 0.3) is 0 Å². The SMILES string of the molecule is O=C(O)CCC1CCCCN1CC(=O)NC(=O)NC1CC1. The van der Waals surface area contributed by atoms with Gasteiger partial charge >= 0.3 is 12.0 Å². The molecule has 1 aliphatic heterocycles. The molecule has 2 fully saturated rings. The first-order valence-corrected chi connectivity index (χ1v) is 7.61. The molecule has 3 N–H and O–H groups in total. The molecule has 0 radical (unpaired) electrons. The Morgan fingerprint density at radius 2 is 1.90 bits per heavy atom. The summed E-state index contributed by atoms with van der Waals surface area (Å²) < 4.78 is 0. The van der Waals surface area contributed by atoms with Crippen molar-refractivity contribution >= 4 is 17.9 Å². The van der Waals surface area contributed by atoms with Gasteiger partial charge in [0.2, 0.25) is 5.91 Å². The molecule has 7 nitrogen and oxygen atoms in total. The van der Waals surface area contributed by atoms with Crippen molar-refractivity contribution in [3.63, 3.8) is 0 Å². The van der Waals surface area contributed by atoms with Crippen LogP contribution in [0, 0.1) is 0 Å². The van der Waals surface area contributed by atoms with Gasteiger partial charge in [0, 0.05) is 18.5 Å². The maximum Gasteiger partial charge on any atom is 0.321 e. The van der Waals surface area contributed by atoms with Crippen molar-refractivity contribution in [3.8, 4) is 0 Å². The molecule has 2 rings (SSSR count). The topological polar surface area (TPSA) is 98.7 Å². The Bertz CT molecular complexity index is 409. The first-order chi connectivity index (χ1) is 10.0. The normalized spacial score (nSPS) is 22.6. The molecule has 1 heterocycles. The largest absolute Gasteiger partial charge is 0.481 e. The summed E-state index contributed by atoms with van der Waals surface area (Å²) in [4.78, 5) is 36.0. The van der Waals surface area contributed by atoms with Crippen LogP contribution in [-0.2, 0) is 9.59 Å². The lowest BCUT2D eigenvalue weighted by atomic mass is 9.98. The van der Waals surface area contributed by atoms with E-state index < -0.39 is 12.0 Å². The Balaban J connectivity index is 1.75. The number of carboxylic acids is 1. The number of carbonyl (C=O) groups is 3. The number of hydrogen-bond acceptors (Lipinski definition) is 4. The highest BCUT2D eigenvalue weighted by molar-refractivity contribution is 5.95. The number of nitrogens with zero attached hydrogens (tertiary/aromatic N) is 1. The van der Waals surface area contributed by atoms with Gasteiger partial charge in [-0.15, -0.1) is 0 Å². The van der Waals surface area contributed by atoms with Crippen LogP contribution in [0.4, 0.5) is 4.79 Å². The summed E-state index contributed by atoms with van der Waals surface area (Å²) in [5, 5.41) is 13.8. The van der Waals surface area contributed by atoms with Crippen LogP contribution in [-0.4, -0.2) is 53.1 Å². The molecule has 0 aromatic carbocycles. The Morgan fingerprint density at radius 1 is 1.14 bits per heavy atom. The second-order valence-corrected chi connectivity index (χ2v) is 5.85. The first-order valence-electron chi connectivity index (χ1n) is 7.61. The number of aliphatic carboxylic acids is 1. The van der Waals surface area contributed by atoms with Crippen LogP contribution in [0.25, 0.3) is 0 Å². The van der Waals surface area contributed by atoms with Crippen LogP contribution in [0.3, 0.4) is 0 Å². The van der Waals surface area contributed by atoms with Crippen molar-refractivity contribution in [1.82, 2.24) is 15.5 Å². The van der Waals surface area contributed by atoms with E-state index in [0.29, 0.717) is 6.42 Å². The lowest BCUT2D eigenvalue weighted by Crippen LogP contribution is -2.49. The number of carbonyl (C=O) groups excluding carboxylic acids is 2. The van der Waals surface area contributed by atoms with Gasteiger partial charge in [-0.05, 0) is 38.6 Å². The molecular weight excluding hydrogens is 274 g/mol. The number of hydrogen-bond donors (Lipinski definition) is 3. The number of carboxylic acid groups (broad SMARTS) is 1. The van der Waals surface area contributed by atoms with Crippen molar-refractivity contribution < 1.29 is 19.5 Å². The standard InChI is InChI=1S/C14H23N3O4/c18-12(16-14(21)15-10-4-5-10)9-17-8-2-1-3-11(17)6-7-13(19)20/h10-11H,1-9H2,(H,19,20)(H2,15,16,18,21). The molecule has 0 aromatic rings. The lowest BCUT2D eigenvalue weighted by Gasteiger charge is -2.34. The van der Waals surface area contributed by atoms with Crippen molar-refractivity contribution in [2.45, 2.75) is 57.0 Å². The van der Waals surface area contributed by atoms with E-state index in [9.17, 15) is 14.4 Å². The van der Waals surface area contributed by atoms with Crippen LogP contribution in [0.2, 0.25) is 0 Å². The maximum atomic E-state index is 11.9. The number of imide groups is 1. The number of likely N-dealkylation sites (tertiary alicyclic amines) is 1. The number of nitrogens with one attached hydrogen (secondary N) is 2. The van der Waals surface area contributed by atoms with E-state index in [1.807, 2.05) is 4.90 Å². The van der Waals surface area contributed by atoms with Crippen molar-refractivity contribution in [1.29, 1.82) is 0 Å². The van der Waals surface area contributed by atoms with Gasteiger partial charge in [-0.2, -0.15) is 0 Å². The molecule has 0 spiro atoms. The molecule has 3 amide bonds. The van der Waals surface area contributed by atoms with Gasteiger partial charge in [-0.1, -0.05) is 6.42 Å². The highest BCUT2D eigenvalue weighted by atomic mass is 16.4. The Hall–Kier alpha value is -1.63. The number of piperidine rings is 1. The predicted octanol–water partition coefficient (Wildman–Crippen LogP) is 0.694. The number of amides is 3. The van der Waals surface area contributed by atoms with Crippen LogP contribution < -0.4 is 10.6 Å². The molecule has 7 heteroatoms. The summed E-state index contributed by atoms with van der Waals surface area (Å²) in [7, 11) is 0. The molecule has 0 aromatic heterocycles. The molecule has 2 aliphatic rings. The third kappa shape index (κ3) is 5.71. The fourth-order valence-electron chi connectivity index (χ4n) is 2.68. The predicted molar refractivity (Wildman–Crippen MR) is 75.8 cm³/mol. The summed E-state index contributed by atoms with van der Waals surface area (Å²) in [6, 6.07) is -0.0928. The van der Waals surface area contributed by atoms with E-state index in [-0.39, 0.29) is 31.0 Å². The molecule has 21 heavy (non-hydrogen) atoms.